The molecule has 0 saturated heterocycles. The zero-order chi connectivity index (χ0) is 20.7. The first-order chi connectivity index (χ1) is 13.2. The summed E-state index contributed by atoms with van der Waals surface area (Å²) in [7, 11) is -3.78. The second-order valence-electron chi connectivity index (χ2n) is 5.69. The summed E-state index contributed by atoms with van der Waals surface area (Å²) in [6.07, 6.45) is -1.07. The third-order valence-corrected chi connectivity index (χ3v) is 4.94. The van der Waals surface area contributed by atoms with Crippen LogP contribution in [0.1, 0.15) is 29.5 Å². The third-order valence-electron chi connectivity index (χ3n) is 3.46. The van der Waals surface area contributed by atoms with Gasteiger partial charge in [-0.2, -0.15) is 5.26 Å². The summed E-state index contributed by atoms with van der Waals surface area (Å²) in [4.78, 5) is 24.1. The minimum atomic E-state index is -3.78. The van der Waals surface area contributed by atoms with Crippen molar-refractivity contribution in [3.8, 4) is 6.07 Å². The van der Waals surface area contributed by atoms with E-state index in [2.05, 4.69) is 15.2 Å². The quantitative estimate of drug-likeness (QED) is 0.492. The summed E-state index contributed by atoms with van der Waals surface area (Å²) in [5, 5.41) is 14.5. The van der Waals surface area contributed by atoms with E-state index in [0.717, 1.165) is 0 Å². The lowest BCUT2D eigenvalue weighted by Crippen LogP contribution is -2.30. The Balaban J connectivity index is 1.96. The summed E-state index contributed by atoms with van der Waals surface area (Å²) in [5.74, 6) is -0.677. The van der Waals surface area contributed by atoms with Crippen molar-refractivity contribution in [3.63, 3.8) is 0 Å². The van der Waals surface area contributed by atoms with Gasteiger partial charge in [0.05, 0.1) is 16.5 Å². The Morgan fingerprint density at radius 2 is 2.00 bits per heavy atom. The Morgan fingerprint density at radius 3 is 2.57 bits per heavy atom. The molecule has 0 aliphatic heterocycles. The fraction of sp³-hybridized carbons (Fsp3) is 0.294. The SMILES string of the molecule is Cc1cc(NC(=O)[C@@H](C)OC(=O)c2ccc(S(=O)(=O)NCCC#N)cc2)no1. The number of aryl methyl sites for hydroxylation is 1. The minimum absolute atomic E-state index is 0.0136. The maximum atomic E-state index is 12.2. The van der Waals surface area contributed by atoms with E-state index < -0.39 is 28.0 Å². The lowest BCUT2D eigenvalue weighted by atomic mass is 10.2. The number of hydrogen-bond acceptors (Lipinski definition) is 8. The van der Waals surface area contributed by atoms with Crippen LogP contribution in [0.3, 0.4) is 0 Å². The molecule has 148 valence electrons. The Bertz CT molecular complexity index is 991. The van der Waals surface area contributed by atoms with Gasteiger partial charge in [0, 0.05) is 19.0 Å². The lowest BCUT2D eigenvalue weighted by molar-refractivity contribution is -0.123. The number of sulfonamides is 1. The topological polar surface area (TPSA) is 151 Å². The number of esters is 1. The van der Waals surface area contributed by atoms with Crippen molar-refractivity contribution in [3.05, 3.63) is 41.7 Å². The van der Waals surface area contributed by atoms with Crippen LogP contribution in [0.4, 0.5) is 5.82 Å². The number of amides is 1. The minimum Gasteiger partial charge on any atom is -0.449 e. The normalized spacial score (nSPS) is 12.0. The number of nitrogens with zero attached hydrogens (tertiary/aromatic N) is 2. The molecule has 10 nitrogen and oxygen atoms in total. The molecular formula is C17H18N4O6S. The summed E-state index contributed by atoms with van der Waals surface area (Å²) in [6, 6.07) is 8.34. The molecule has 1 heterocycles. The summed E-state index contributed by atoms with van der Waals surface area (Å²) in [6.45, 7) is 3.04. The van der Waals surface area contributed by atoms with Gasteiger partial charge in [-0.15, -0.1) is 0 Å². The molecule has 2 rings (SSSR count). The van der Waals surface area contributed by atoms with Crippen LogP contribution < -0.4 is 10.0 Å². The Kier molecular flexibility index (Phi) is 6.86. The second-order valence-corrected chi connectivity index (χ2v) is 7.46. The molecule has 28 heavy (non-hydrogen) atoms. The first kappa shape index (κ1) is 21.1. The maximum absolute atomic E-state index is 12.2. The molecule has 1 atom stereocenters. The average Bonchev–Trinajstić information content (AvgIpc) is 3.06. The lowest BCUT2D eigenvalue weighted by Gasteiger charge is -2.12. The number of nitrogens with one attached hydrogen (secondary N) is 2. The number of aromatic nitrogens is 1. The fourth-order valence-electron chi connectivity index (χ4n) is 2.03. The number of carbonyl (C=O) groups is 2. The summed E-state index contributed by atoms with van der Waals surface area (Å²) >= 11 is 0. The largest absolute Gasteiger partial charge is 0.449 e. The molecule has 2 N–H and O–H groups in total. The first-order valence-electron chi connectivity index (χ1n) is 8.15. The molecule has 0 spiro atoms. The highest BCUT2D eigenvalue weighted by atomic mass is 32.2. The Labute approximate surface area is 161 Å². The van der Waals surface area contributed by atoms with Crippen LogP contribution in [0.2, 0.25) is 0 Å². The van der Waals surface area contributed by atoms with Gasteiger partial charge in [-0.1, -0.05) is 5.16 Å². The van der Waals surface area contributed by atoms with Gasteiger partial charge in [0.15, 0.2) is 11.9 Å². The maximum Gasteiger partial charge on any atom is 0.338 e. The predicted octanol–water partition coefficient (Wildman–Crippen LogP) is 1.36. The number of ether oxygens (including phenoxy) is 1. The van der Waals surface area contributed by atoms with Gasteiger partial charge in [-0.25, -0.2) is 17.9 Å². The van der Waals surface area contributed by atoms with E-state index in [-0.39, 0.29) is 29.2 Å². The molecule has 0 saturated carbocycles. The van der Waals surface area contributed by atoms with E-state index in [4.69, 9.17) is 14.5 Å². The van der Waals surface area contributed by atoms with Crippen LogP contribution >= 0.6 is 0 Å². The molecule has 1 aromatic carbocycles. The zero-order valence-electron chi connectivity index (χ0n) is 15.1. The van der Waals surface area contributed by atoms with Gasteiger partial charge in [0.1, 0.15) is 5.76 Å². The first-order valence-corrected chi connectivity index (χ1v) is 9.63. The van der Waals surface area contributed by atoms with Gasteiger partial charge in [0.2, 0.25) is 10.0 Å². The van der Waals surface area contributed by atoms with Crippen molar-refractivity contribution in [1.82, 2.24) is 9.88 Å². The number of rotatable bonds is 8. The molecule has 0 aliphatic carbocycles. The molecule has 1 amide bonds. The van der Waals surface area contributed by atoms with E-state index in [1.807, 2.05) is 6.07 Å². The monoisotopic (exact) mass is 406 g/mol. The van der Waals surface area contributed by atoms with Crippen molar-refractivity contribution in [2.45, 2.75) is 31.3 Å². The van der Waals surface area contributed by atoms with Gasteiger partial charge in [-0.05, 0) is 38.1 Å². The van der Waals surface area contributed by atoms with E-state index in [0.29, 0.717) is 5.76 Å². The molecule has 1 aromatic heterocycles. The summed E-state index contributed by atoms with van der Waals surface area (Å²) < 4.78 is 36.2. The molecule has 0 aliphatic rings. The fourth-order valence-corrected chi connectivity index (χ4v) is 3.06. The van der Waals surface area contributed by atoms with Crippen LogP contribution in [-0.2, 0) is 19.6 Å². The van der Waals surface area contributed by atoms with Crippen molar-refractivity contribution < 1.29 is 27.3 Å². The summed E-state index contributed by atoms with van der Waals surface area (Å²) in [5.41, 5.74) is 0.0768. The number of carbonyl (C=O) groups excluding carboxylic acids is 2. The van der Waals surface area contributed by atoms with Crippen molar-refractivity contribution in [1.29, 1.82) is 5.26 Å². The van der Waals surface area contributed by atoms with Gasteiger partial charge < -0.3 is 14.6 Å². The smallest absolute Gasteiger partial charge is 0.338 e. The molecule has 0 radical (unpaired) electrons. The average molecular weight is 406 g/mol. The van der Waals surface area contributed by atoms with Crippen LogP contribution in [0.25, 0.3) is 0 Å². The molecule has 0 fully saturated rings. The van der Waals surface area contributed by atoms with Crippen molar-refractivity contribution in [2.75, 3.05) is 11.9 Å². The van der Waals surface area contributed by atoms with Crippen molar-refractivity contribution >= 4 is 27.7 Å². The van der Waals surface area contributed by atoms with Crippen LogP contribution in [0.15, 0.2) is 39.8 Å². The number of nitriles is 1. The molecule has 11 heteroatoms. The highest BCUT2D eigenvalue weighted by Gasteiger charge is 2.21. The molecule has 0 unspecified atom stereocenters. The highest BCUT2D eigenvalue weighted by molar-refractivity contribution is 7.89. The van der Waals surface area contributed by atoms with Gasteiger partial charge >= 0.3 is 5.97 Å². The van der Waals surface area contributed by atoms with Crippen LogP contribution in [-0.4, -0.2) is 38.1 Å². The molecular weight excluding hydrogens is 388 g/mol. The van der Waals surface area contributed by atoms with E-state index in [1.54, 1.807) is 6.92 Å². The highest BCUT2D eigenvalue weighted by Crippen LogP contribution is 2.13. The molecule has 0 bridgehead atoms. The zero-order valence-corrected chi connectivity index (χ0v) is 15.9. The molecule has 2 aromatic rings. The van der Waals surface area contributed by atoms with E-state index in [9.17, 15) is 18.0 Å². The Hall–Kier alpha value is -3.23. The van der Waals surface area contributed by atoms with Gasteiger partial charge in [-0.3, -0.25) is 4.79 Å². The number of anilines is 1. The third kappa shape index (κ3) is 5.63. The standard InChI is InChI=1S/C17H18N4O6S/c1-11-10-15(21-27-11)20-16(22)12(2)26-17(23)13-4-6-14(7-5-13)28(24,25)19-9-3-8-18/h4-7,10,12,19H,3,9H2,1-2H3,(H,20,21,22)/t12-/m1/s1. The second kappa shape index (κ2) is 9.12. The van der Waals surface area contributed by atoms with Crippen LogP contribution in [0, 0.1) is 18.3 Å². The Morgan fingerprint density at radius 1 is 1.32 bits per heavy atom. The number of benzene rings is 1. The van der Waals surface area contributed by atoms with Gasteiger partial charge in [0.25, 0.3) is 5.91 Å². The predicted molar refractivity (Wildman–Crippen MR) is 96.6 cm³/mol. The van der Waals surface area contributed by atoms with E-state index >= 15 is 0 Å². The van der Waals surface area contributed by atoms with Crippen LogP contribution in [0.5, 0.6) is 0 Å². The van der Waals surface area contributed by atoms with E-state index in [1.165, 1.54) is 37.3 Å². The number of hydrogen-bond donors (Lipinski definition) is 2. The van der Waals surface area contributed by atoms with Crippen molar-refractivity contribution in [2.24, 2.45) is 0 Å².